The van der Waals surface area contributed by atoms with Crippen molar-refractivity contribution in [2.75, 3.05) is 6.54 Å². The summed E-state index contributed by atoms with van der Waals surface area (Å²) in [5, 5.41) is 12.7. The summed E-state index contributed by atoms with van der Waals surface area (Å²) < 4.78 is 0. The van der Waals surface area contributed by atoms with Crippen LogP contribution in [0.1, 0.15) is 64.2 Å². The van der Waals surface area contributed by atoms with E-state index in [1.807, 2.05) is 41.3 Å². The smallest absolute Gasteiger partial charge is 0.335 e. The summed E-state index contributed by atoms with van der Waals surface area (Å²) >= 11 is 0. The van der Waals surface area contributed by atoms with E-state index >= 15 is 0 Å². The van der Waals surface area contributed by atoms with Crippen LogP contribution in [0.4, 0.5) is 0 Å². The van der Waals surface area contributed by atoms with Gasteiger partial charge in [-0.05, 0) is 83.0 Å². The Bertz CT molecular complexity index is 1400. The van der Waals surface area contributed by atoms with Crippen molar-refractivity contribution in [2.45, 2.75) is 51.1 Å². The van der Waals surface area contributed by atoms with E-state index in [0.29, 0.717) is 38.4 Å². The van der Waals surface area contributed by atoms with Crippen LogP contribution in [0.5, 0.6) is 0 Å². The first-order chi connectivity index (χ1) is 18.5. The summed E-state index contributed by atoms with van der Waals surface area (Å²) in [6.45, 7) is 1.59. The summed E-state index contributed by atoms with van der Waals surface area (Å²) in [5.41, 5.74) is 6.56. The number of hydrogen-bond donors (Lipinski definition) is 2. The van der Waals surface area contributed by atoms with E-state index in [1.54, 1.807) is 18.2 Å². The van der Waals surface area contributed by atoms with E-state index in [4.69, 9.17) is 0 Å². The number of nitrogens with one attached hydrogen (secondary N) is 1. The molecule has 38 heavy (non-hydrogen) atoms. The van der Waals surface area contributed by atoms with Gasteiger partial charge in [-0.15, -0.1) is 0 Å². The Morgan fingerprint density at radius 3 is 2.53 bits per heavy atom. The third-order valence-electron chi connectivity index (χ3n) is 8.25. The van der Waals surface area contributed by atoms with E-state index < -0.39 is 5.97 Å². The topological polar surface area (TPSA) is 86.7 Å². The minimum absolute atomic E-state index is 0.00266. The molecule has 6 rings (SSSR count). The summed E-state index contributed by atoms with van der Waals surface area (Å²) in [6.07, 6.45) is 4.48. The lowest BCUT2D eigenvalue weighted by atomic mass is 9.87. The Balaban J connectivity index is 1.24. The predicted octanol–water partition coefficient (Wildman–Crippen LogP) is 5.16. The number of amides is 2. The molecule has 3 aromatic rings. The molecule has 0 saturated heterocycles. The van der Waals surface area contributed by atoms with Gasteiger partial charge in [0.15, 0.2) is 0 Å². The van der Waals surface area contributed by atoms with E-state index in [-0.39, 0.29) is 29.2 Å². The maximum Gasteiger partial charge on any atom is 0.335 e. The van der Waals surface area contributed by atoms with Crippen molar-refractivity contribution >= 4 is 17.8 Å². The van der Waals surface area contributed by atoms with Gasteiger partial charge in [-0.1, -0.05) is 54.6 Å². The number of benzene rings is 3. The zero-order valence-corrected chi connectivity index (χ0v) is 21.4. The van der Waals surface area contributed by atoms with E-state index in [0.717, 1.165) is 47.1 Å². The second kappa shape index (κ2) is 10.1. The first-order valence-corrected chi connectivity index (χ1v) is 13.6. The molecule has 2 aliphatic carbocycles. The molecule has 0 aromatic heterocycles. The van der Waals surface area contributed by atoms with Crippen LogP contribution >= 0.6 is 0 Å². The lowest BCUT2D eigenvalue weighted by Crippen LogP contribution is -2.37. The molecule has 6 heteroatoms. The minimum Gasteiger partial charge on any atom is -0.478 e. The number of aromatic carboxylic acids is 1. The molecule has 0 spiro atoms. The Morgan fingerprint density at radius 2 is 1.76 bits per heavy atom. The van der Waals surface area contributed by atoms with E-state index in [9.17, 15) is 19.5 Å². The van der Waals surface area contributed by atoms with Gasteiger partial charge in [0.25, 0.3) is 0 Å². The van der Waals surface area contributed by atoms with Crippen LogP contribution in [0.2, 0.25) is 0 Å². The molecule has 194 valence electrons. The number of fused-ring (bicyclic) bond motifs is 1. The molecule has 1 heterocycles. The summed E-state index contributed by atoms with van der Waals surface area (Å²) in [7, 11) is 0. The quantitative estimate of drug-likeness (QED) is 0.440. The SMILES string of the molecule is O=C(O)c1cccc(-c2ccc(CNC(=O)[C@H]3C[C@H]3c3ccccc3)c3c2CCN(C(=O)CC2CC2)C3)c1. The molecule has 0 unspecified atom stereocenters. The lowest BCUT2D eigenvalue weighted by Gasteiger charge is -2.32. The van der Waals surface area contributed by atoms with Crippen molar-refractivity contribution < 1.29 is 19.5 Å². The Hall–Kier alpha value is -3.93. The lowest BCUT2D eigenvalue weighted by molar-refractivity contribution is -0.132. The molecule has 2 N–H and O–H groups in total. The van der Waals surface area contributed by atoms with Crippen molar-refractivity contribution in [2.24, 2.45) is 11.8 Å². The Labute approximate surface area is 222 Å². The molecule has 2 atom stereocenters. The van der Waals surface area contributed by atoms with Crippen molar-refractivity contribution in [1.29, 1.82) is 0 Å². The van der Waals surface area contributed by atoms with Gasteiger partial charge < -0.3 is 15.3 Å². The number of carbonyl (C=O) groups is 3. The second-order valence-electron chi connectivity index (χ2n) is 10.9. The maximum absolute atomic E-state index is 13.0. The Kier molecular flexibility index (Phi) is 6.48. The molecule has 6 nitrogen and oxygen atoms in total. The fourth-order valence-electron chi connectivity index (χ4n) is 5.77. The fourth-order valence-corrected chi connectivity index (χ4v) is 5.77. The van der Waals surface area contributed by atoms with Crippen LogP contribution in [0, 0.1) is 11.8 Å². The standard InChI is InChI=1S/C32H32N2O4/c35-30(15-20-9-10-20)34-14-13-26-25(22-7-4-8-23(16-22)32(37)38)12-11-24(29(26)19-34)18-33-31(36)28-17-27(28)21-5-2-1-3-6-21/h1-8,11-12,16,20,27-28H,9-10,13-15,17-19H2,(H,33,36)(H,37,38)/t27-,28-/m0/s1. The van der Waals surface area contributed by atoms with Crippen molar-refractivity contribution in [1.82, 2.24) is 10.2 Å². The number of carboxylic acids is 1. The number of rotatable bonds is 8. The van der Waals surface area contributed by atoms with Gasteiger partial charge >= 0.3 is 5.97 Å². The van der Waals surface area contributed by atoms with Gasteiger partial charge in [0, 0.05) is 32.0 Å². The highest BCUT2D eigenvalue weighted by Crippen LogP contribution is 2.47. The van der Waals surface area contributed by atoms with Crippen molar-refractivity contribution in [3.05, 3.63) is 94.5 Å². The first-order valence-electron chi connectivity index (χ1n) is 13.6. The molecular weight excluding hydrogens is 476 g/mol. The van der Waals surface area contributed by atoms with Gasteiger partial charge in [0.2, 0.25) is 11.8 Å². The third kappa shape index (κ3) is 5.08. The molecule has 3 aliphatic rings. The van der Waals surface area contributed by atoms with Gasteiger partial charge in [-0.3, -0.25) is 9.59 Å². The van der Waals surface area contributed by atoms with Gasteiger partial charge in [0.05, 0.1) is 5.56 Å². The molecule has 2 fully saturated rings. The molecule has 0 bridgehead atoms. The second-order valence-corrected chi connectivity index (χ2v) is 10.9. The van der Waals surface area contributed by atoms with Crippen molar-refractivity contribution in [3.8, 4) is 11.1 Å². The zero-order valence-electron chi connectivity index (χ0n) is 21.4. The normalized spacial score (nSPS) is 19.9. The molecule has 1 aliphatic heterocycles. The molecule has 0 radical (unpaired) electrons. The number of hydrogen-bond acceptors (Lipinski definition) is 3. The predicted molar refractivity (Wildman–Crippen MR) is 144 cm³/mol. The molecule has 3 aromatic carbocycles. The molecular formula is C32H32N2O4. The number of carboxylic acid groups (broad SMARTS) is 1. The molecule has 2 amide bonds. The largest absolute Gasteiger partial charge is 0.478 e. The average molecular weight is 509 g/mol. The highest BCUT2D eigenvalue weighted by Gasteiger charge is 2.43. The van der Waals surface area contributed by atoms with Crippen molar-refractivity contribution in [3.63, 3.8) is 0 Å². The van der Waals surface area contributed by atoms with Gasteiger partial charge in [0.1, 0.15) is 0 Å². The fraction of sp³-hybridized carbons (Fsp3) is 0.344. The summed E-state index contributed by atoms with van der Waals surface area (Å²) in [6, 6.07) is 21.3. The van der Waals surface area contributed by atoms with Gasteiger partial charge in [-0.2, -0.15) is 0 Å². The monoisotopic (exact) mass is 508 g/mol. The number of nitrogens with zero attached hydrogens (tertiary/aromatic N) is 1. The molecule has 2 saturated carbocycles. The summed E-state index contributed by atoms with van der Waals surface area (Å²) in [4.78, 5) is 39.5. The van der Waals surface area contributed by atoms with Crippen LogP contribution < -0.4 is 5.32 Å². The van der Waals surface area contributed by atoms with Crippen LogP contribution in [-0.2, 0) is 29.1 Å². The highest BCUT2D eigenvalue weighted by atomic mass is 16.4. The van der Waals surface area contributed by atoms with Gasteiger partial charge in [-0.25, -0.2) is 4.79 Å². The van der Waals surface area contributed by atoms with E-state index in [1.165, 1.54) is 5.56 Å². The minimum atomic E-state index is -0.953. The zero-order chi connectivity index (χ0) is 26.2. The highest BCUT2D eigenvalue weighted by molar-refractivity contribution is 5.90. The van der Waals surface area contributed by atoms with Crippen LogP contribution in [-0.4, -0.2) is 34.3 Å². The first kappa shape index (κ1) is 24.4. The summed E-state index contributed by atoms with van der Waals surface area (Å²) in [5.74, 6) is 0.139. The van der Waals surface area contributed by atoms with E-state index in [2.05, 4.69) is 17.4 Å². The average Bonchev–Trinajstić information content (AvgIpc) is 3.87. The number of carbonyl (C=O) groups excluding carboxylic acids is 2. The Morgan fingerprint density at radius 1 is 0.947 bits per heavy atom. The third-order valence-corrected chi connectivity index (χ3v) is 8.25. The van der Waals surface area contributed by atoms with Crippen LogP contribution in [0.3, 0.4) is 0 Å². The maximum atomic E-state index is 13.0. The van der Waals surface area contributed by atoms with Crippen LogP contribution in [0.25, 0.3) is 11.1 Å². The van der Waals surface area contributed by atoms with Crippen LogP contribution in [0.15, 0.2) is 66.7 Å².